The summed E-state index contributed by atoms with van der Waals surface area (Å²) in [6, 6.07) is 0. The van der Waals surface area contributed by atoms with Crippen LogP contribution in [0, 0.1) is 5.92 Å². The van der Waals surface area contributed by atoms with Crippen molar-refractivity contribution in [3.05, 3.63) is 0 Å². The Morgan fingerprint density at radius 1 is 1.27 bits per heavy atom. The van der Waals surface area contributed by atoms with Gasteiger partial charge in [0, 0.05) is 6.42 Å². The summed E-state index contributed by atoms with van der Waals surface area (Å²) in [6.45, 7) is 5.11. The molecule has 0 saturated carbocycles. The smallest absolute Gasteiger partial charge is 0.207 e. The summed E-state index contributed by atoms with van der Waals surface area (Å²) in [7, 11) is 0. The van der Waals surface area contributed by atoms with Crippen molar-refractivity contribution in [3.63, 3.8) is 0 Å². The molecule has 0 unspecified atom stereocenters. The molecule has 0 aromatic rings. The Labute approximate surface area is 68.0 Å². The van der Waals surface area contributed by atoms with Gasteiger partial charge in [-0.05, 0) is 19.3 Å². The fraction of sp³-hybridized carbons (Fsp3) is 1.00. The first-order valence-electron chi connectivity index (χ1n) is 4.33. The van der Waals surface area contributed by atoms with Gasteiger partial charge in [0.2, 0.25) is 5.92 Å². The third kappa shape index (κ3) is 7.76. The Morgan fingerprint density at radius 3 is 2.18 bits per heavy atom. The number of hydrogen-bond donors (Lipinski definition) is 0. The molecule has 0 N–H and O–H groups in total. The number of alkyl halides is 2. The molecule has 0 aromatic carbocycles. The Hall–Kier alpha value is -0.140. The van der Waals surface area contributed by atoms with Gasteiger partial charge in [-0.1, -0.05) is 26.7 Å². The molecule has 0 nitrogen and oxygen atoms in total. The summed E-state index contributed by atoms with van der Waals surface area (Å²) >= 11 is 0. The van der Waals surface area contributed by atoms with Crippen molar-refractivity contribution in [2.45, 2.75) is 52.4 Å². The molecule has 0 rings (SSSR count). The van der Waals surface area contributed by atoms with Gasteiger partial charge < -0.3 is 0 Å². The average molecular weight is 164 g/mol. The Bertz CT molecular complexity index is 94.2. The minimum absolute atomic E-state index is 0.0359. The lowest BCUT2D eigenvalue weighted by atomic mass is 9.98. The van der Waals surface area contributed by atoms with Gasteiger partial charge >= 0.3 is 0 Å². The van der Waals surface area contributed by atoms with E-state index in [0.29, 0.717) is 12.3 Å². The van der Waals surface area contributed by atoms with E-state index in [0.717, 1.165) is 19.8 Å². The number of hydrogen-bond acceptors (Lipinski definition) is 0. The molecule has 0 saturated heterocycles. The van der Waals surface area contributed by atoms with Crippen LogP contribution in [0.3, 0.4) is 0 Å². The molecule has 0 aliphatic rings. The highest BCUT2D eigenvalue weighted by Crippen LogP contribution is 2.23. The van der Waals surface area contributed by atoms with Crippen molar-refractivity contribution in [2.75, 3.05) is 0 Å². The van der Waals surface area contributed by atoms with Crippen molar-refractivity contribution < 1.29 is 8.78 Å². The van der Waals surface area contributed by atoms with Gasteiger partial charge in [-0.15, -0.1) is 0 Å². The molecule has 0 fully saturated rings. The van der Waals surface area contributed by atoms with E-state index in [-0.39, 0.29) is 6.42 Å². The topological polar surface area (TPSA) is 0 Å². The first kappa shape index (κ1) is 10.9. The van der Waals surface area contributed by atoms with E-state index in [9.17, 15) is 8.78 Å². The minimum Gasteiger partial charge on any atom is -0.207 e. The van der Waals surface area contributed by atoms with Gasteiger partial charge in [-0.2, -0.15) is 0 Å². The number of halogens is 2. The summed E-state index contributed by atoms with van der Waals surface area (Å²) in [6.07, 6.45) is 2.85. The van der Waals surface area contributed by atoms with E-state index in [1.807, 2.05) is 6.92 Å². The maximum absolute atomic E-state index is 12.3. The predicted molar refractivity (Wildman–Crippen MR) is 43.9 cm³/mol. The molecule has 0 bridgehead atoms. The van der Waals surface area contributed by atoms with Gasteiger partial charge in [0.15, 0.2) is 0 Å². The SMILES string of the molecule is CCC[C@H](C)CCC(C)(F)F. The zero-order valence-electron chi connectivity index (χ0n) is 7.66. The molecule has 0 aliphatic carbocycles. The van der Waals surface area contributed by atoms with Gasteiger partial charge in [0.05, 0.1) is 0 Å². The van der Waals surface area contributed by atoms with E-state index in [4.69, 9.17) is 0 Å². The van der Waals surface area contributed by atoms with Crippen LogP contribution in [0.15, 0.2) is 0 Å². The third-order valence-corrected chi connectivity index (χ3v) is 1.86. The zero-order valence-corrected chi connectivity index (χ0v) is 7.66. The van der Waals surface area contributed by atoms with Crippen LogP contribution < -0.4 is 0 Å². The maximum Gasteiger partial charge on any atom is 0.245 e. The Balaban J connectivity index is 3.38. The maximum atomic E-state index is 12.3. The lowest BCUT2D eigenvalue weighted by Crippen LogP contribution is -2.11. The quantitative estimate of drug-likeness (QED) is 0.578. The van der Waals surface area contributed by atoms with Crippen LogP contribution >= 0.6 is 0 Å². The molecule has 0 aliphatic heterocycles. The highest BCUT2D eigenvalue weighted by Gasteiger charge is 2.21. The zero-order chi connectivity index (χ0) is 8.91. The van der Waals surface area contributed by atoms with Crippen LogP contribution in [0.4, 0.5) is 8.78 Å². The molecule has 0 amide bonds. The summed E-state index contributed by atoms with van der Waals surface area (Å²) in [5.41, 5.74) is 0. The molecule has 2 heteroatoms. The molecule has 0 heterocycles. The molecule has 0 aromatic heterocycles. The largest absolute Gasteiger partial charge is 0.245 e. The second-order valence-electron chi connectivity index (χ2n) is 3.50. The van der Waals surface area contributed by atoms with Gasteiger partial charge in [-0.25, -0.2) is 8.78 Å². The van der Waals surface area contributed by atoms with Crippen LogP contribution in [0.5, 0.6) is 0 Å². The van der Waals surface area contributed by atoms with Crippen LogP contribution in [0.1, 0.15) is 46.5 Å². The van der Waals surface area contributed by atoms with Crippen molar-refractivity contribution in [1.29, 1.82) is 0 Å². The van der Waals surface area contributed by atoms with E-state index >= 15 is 0 Å². The molecule has 0 spiro atoms. The normalized spacial score (nSPS) is 15.0. The predicted octanol–water partition coefficient (Wildman–Crippen LogP) is 3.86. The van der Waals surface area contributed by atoms with Crippen LogP contribution in [-0.4, -0.2) is 5.92 Å². The van der Waals surface area contributed by atoms with Crippen LogP contribution in [0.25, 0.3) is 0 Å². The fourth-order valence-electron chi connectivity index (χ4n) is 1.14. The lowest BCUT2D eigenvalue weighted by molar-refractivity contribution is 0.00694. The van der Waals surface area contributed by atoms with Crippen molar-refractivity contribution in [1.82, 2.24) is 0 Å². The van der Waals surface area contributed by atoms with E-state index in [2.05, 4.69) is 6.92 Å². The summed E-state index contributed by atoms with van der Waals surface area (Å²) < 4.78 is 24.6. The highest BCUT2D eigenvalue weighted by molar-refractivity contribution is 4.61. The van der Waals surface area contributed by atoms with E-state index in [1.54, 1.807) is 0 Å². The number of rotatable bonds is 5. The molecule has 1 atom stereocenters. The first-order chi connectivity index (χ1) is 4.95. The highest BCUT2D eigenvalue weighted by atomic mass is 19.3. The summed E-state index contributed by atoms with van der Waals surface area (Å²) in [4.78, 5) is 0. The second kappa shape index (κ2) is 4.68. The van der Waals surface area contributed by atoms with Gasteiger partial charge in [0.1, 0.15) is 0 Å². The standard InChI is InChI=1S/C9H18F2/c1-4-5-8(2)6-7-9(3,10)11/h8H,4-7H2,1-3H3/t8-/m0/s1. The molecular weight excluding hydrogens is 146 g/mol. The van der Waals surface area contributed by atoms with Crippen molar-refractivity contribution in [3.8, 4) is 0 Å². The molecule has 68 valence electrons. The first-order valence-corrected chi connectivity index (χ1v) is 4.33. The second-order valence-corrected chi connectivity index (χ2v) is 3.50. The molecule has 0 radical (unpaired) electrons. The Kier molecular flexibility index (Phi) is 4.62. The molecule has 11 heavy (non-hydrogen) atoms. The third-order valence-electron chi connectivity index (χ3n) is 1.86. The average Bonchev–Trinajstić information content (AvgIpc) is 1.83. The minimum atomic E-state index is -2.47. The lowest BCUT2D eigenvalue weighted by Gasteiger charge is -2.13. The van der Waals surface area contributed by atoms with Crippen LogP contribution in [-0.2, 0) is 0 Å². The van der Waals surface area contributed by atoms with Crippen molar-refractivity contribution in [2.24, 2.45) is 5.92 Å². The van der Waals surface area contributed by atoms with E-state index in [1.165, 1.54) is 0 Å². The van der Waals surface area contributed by atoms with E-state index < -0.39 is 5.92 Å². The van der Waals surface area contributed by atoms with Gasteiger partial charge in [0.25, 0.3) is 0 Å². The fourth-order valence-corrected chi connectivity index (χ4v) is 1.14. The monoisotopic (exact) mass is 164 g/mol. The summed E-state index contributed by atoms with van der Waals surface area (Å²) in [5, 5.41) is 0. The van der Waals surface area contributed by atoms with Crippen molar-refractivity contribution >= 4 is 0 Å². The van der Waals surface area contributed by atoms with Gasteiger partial charge in [-0.3, -0.25) is 0 Å². The summed E-state index contributed by atoms with van der Waals surface area (Å²) in [5.74, 6) is -2.02. The van der Waals surface area contributed by atoms with Crippen LogP contribution in [0.2, 0.25) is 0 Å². The Morgan fingerprint density at radius 2 is 1.82 bits per heavy atom. The molecular formula is C9H18F2.